The standard InChI is InChI=1S/C10H16O3/c1-4-9(2,3)10(8(12)13)5-7(11)6-10/h4-6H2,1-3H3,(H,12,13). The number of hydrogen-bond acceptors (Lipinski definition) is 2. The number of carbonyl (C=O) groups excluding carboxylic acids is 1. The van der Waals surface area contributed by atoms with E-state index in [9.17, 15) is 9.59 Å². The van der Waals surface area contributed by atoms with Crippen molar-refractivity contribution in [1.82, 2.24) is 0 Å². The molecule has 13 heavy (non-hydrogen) atoms. The van der Waals surface area contributed by atoms with Crippen molar-refractivity contribution in [1.29, 1.82) is 0 Å². The summed E-state index contributed by atoms with van der Waals surface area (Å²) in [5.41, 5.74) is -1.08. The van der Waals surface area contributed by atoms with Gasteiger partial charge in [0.1, 0.15) is 5.78 Å². The Bertz CT molecular complexity index is 245. The highest BCUT2D eigenvalue weighted by Crippen LogP contribution is 2.53. The van der Waals surface area contributed by atoms with Crippen LogP contribution in [0.15, 0.2) is 0 Å². The van der Waals surface area contributed by atoms with Crippen LogP contribution in [0.1, 0.15) is 40.0 Å². The van der Waals surface area contributed by atoms with Crippen LogP contribution < -0.4 is 0 Å². The molecule has 1 fully saturated rings. The van der Waals surface area contributed by atoms with Gasteiger partial charge in [-0.3, -0.25) is 9.59 Å². The number of carboxylic acid groups (broad SMARTS) is 1. The second kappa shape index (κ2) is 2.82. The van der Waals surface area contributed by atoms with E-state index in [4.69, 9.17) is 5.11 Å². The van der Waals surface area contributed by atoms with Crippen LogP contribution in [0, 0.1) is 10.8 Å². The fourth-order valence-electron chi connectivity index (χ4n) is 1.88. The second-order valence-corrected chi connectivity index (χ2v) is 4.52. The molecule has 1 saturated carbocycles. The van der Waals surface area contributed by atoms with Crippen molar-refractivity contribution < 1.29 is 14.7 Å². The van der Waals surface area contributed by atoms with E-state index in [2.05, 4.69) is 0 Å². The van der Waals surface area contributed by atoms with Crippen LogP contribution in [0.3, 0.4) is 0 Å². The number of aliphatic carboxylic acids is 1. The van der Waals surface area contributed by atoms with Crippen molar-refractivity contribution in [2.75, 3.05) is 0 Å². The SMILES string of the molecule is CCC(C)(C)C1(C(=O)O)CC(=O)C1. The number of ketones is 1. The molecule has 0 bridgehead atoms. The normalized spacial score (nSPS) is 21.0. The molecule has 0 unspecified atom stereocenters. The van der Waals surface area contributed by atoms with Crippen LogP contribution in [0.5, 0.6) is 0 Å². The van der Waals surface area contributed by atoms with Crippen molar-refractivity contribution in [3.8, 4) is 0 Å². The molecule has 0 aromatic heterocycles. The first-order valence-electron chi connectivity index (χ1n) is 4.61. The molecule has 3 nitrogen and oxygen atoms in total. The van der Waals surface area contributed by atoms with Crippen molar-refractivity contribution >= 4 is 11.8 Å². The molecular formula is C10H16O3. The molecule has 0 radical (unpaired) electrons. The molecule has 1 rings (SSSR count). The molecule has 0 aromatic carbocycles. The van der Waals surface area contributed by atoms with Crippen molar-refractivity contribution in [2.45, 2.75) is 40.0 Å². The highest BCUT2D eigenvalue weighted by Gasteiger charge is 2.58. The average molecular weight is 184 g/mol. The van der Waals surface area contributed by atoms with Gasteiger partial charge < -0.3 is 5.11 Å². The van der Waals surface area contributed by atoms with E-state index in [1.807, 2.05) is 20.8 Å². The third-order valence-electron chi connectivity index (χ3n) is 3.59. The zero-order valence-corrected chi connectivity index (χ0v) is 8.39. The number of Topliss-reactive ketones (excluding diaryl/α,β-unsaturated/α-hetero) is 1. The van der Waals surface area contributed by atoms with E-state index in [-0.39, 0.29) is 24.0 Å². The smallest absolute Gasteiger partial charge is 0.311 e. The van der Waals surface area contributed by atoms with E-state index in [0.29, 0.717) is 0 Å². The molecule has 0 heterocycles. The van der Waals surface area contributed by atoms with Gasteiger partial charge in [-0.15, -0.1) is 0 Å². The maximum absolute atomic E-state index is 11.1. The molecule has 0 saturated heterocycles. The Balaban J connectivity index is 2.94. The lowest BCUT2D eigenvalue weighted by Gasteiger charge is -2.48. The Morgan fingerprint density at radius 2 is 2.00 bits per heavy atom. The lowest BCUT2D eigenvalue weighted by Crippen LogP contribution is -2.53. The minimum Gasteiger partial charge on any atom is -0.481 e. The predicted octanol–water partition coefficient (Wildman–Crippen LogP) is 1.86. The second-order valence-electron chi connectivity index (χ2n) is 4.52. The molecule has 0 aromatic rings. The van der Waals surface area contributed by atoms with Gasteiger partial charge in [0.05, 0.1) is 5.41 Å². The maximum Gasteiger partial charge on any atom is 0.311 e. The molecule has 74 valence electrons. The van der Waals surface area contributed by atoms with Crippen LogP contribution >= 0.6 is 0 Å². The summed E-state index contributed by atoms with van der Waals surface area (Å²) in [7, 11) is 0. The molecule has 1 aliphatic carbocycles. The van der Waals surface area contributed by atoms with Crippen molar-refractivity contribution in [3.63, 3.8) is 0 Å². The van der Waals surface area contributed by atoms with Crippen molar-refractivity contribution in [3.05, 3.63) is 0 Å². The average Bonchev–Trinajstić information content (AvgIpc) is 1.97. The molecule has 0 spiro atoms. The van der Waals surface area contributed by atoms with E-state index in [1.54, 1.807) is 0 Å². The molecule has 0 atom stereocenters. The maximum atomic E-state index is 11.1. The van der Waals surface area contributed by atoms with Gasteiger partial charge >= 0.3 is 5.97 Å². The number of rotatable bonds is 3. The third kappa shape index (κ3) is 1.26. The Morgan fingerprint density at radius 1 is 1.54 bits per heavy atom. The number of carbonyl (C=O) groups is 2. The highest BCUT2D eigenvalue weighted by molar-refractivity contribution is 5.97. The Morgan fingerprint density at radius 3 is 2.23 bits per heavy atom. The fraction of sp³-hybridized carbons (Fsp3) is 0.800. The lowest BCUT2D eigenvalue weighted by atomic mass is 9.53. The van der Waals surface area contributed by atoms with Crippen molar-refractivity contribution in [2.24, 2.45) is 10.8 Å². The Hall–Kier alpha value is -0.860. The van der Waals surface area contributed by atoms with Gasteiger partial charge in [0, 0.05) is 12.8 Å². The molecule has 0 amide bonds. The van der Waals surface area contributed by atoms with E-state index in [1.165, 1.54) is 0 Å². The van der Waals surface area contributed by atoms with E-state index >= 15 is 0 Å². The van der Waals surface area contributed by atoms with Crippen LogP contribution in [0.4, 0.5) is 0 Å². The summed E-state index contributed by atoms with van der Waals surface area (Å²) in [5, 5.41) is 9.12. The molecule has 3 heteroatoms. The van der Waals surface area contributed by atoms with Crippen LogP contribution in [-0.2, 0) is 9.59 Å². The number of hydrogen-bond donors (Lipinski definition) is 1. The van der Waals surface area contributed by atoms with E-state index in [0.717, 1.165) is 6.42 Å². The van der Waals surface area contributed by atoms with Gasteiger partial charge in [-0.25, -0.2) is 0 Å². The molecule has 1 aliphatic rings. The van der Waals surface area contributed by atoms with Crippen LogP contribution in [0.25, 0.3) is 0 Å². The largest absolute Gasteiger partial charge is 0.481 e. The Labute approximate surface area is 78.1 Å². The van der Waals surface area contributed by atoms with E-state index < -0.39 is 11.4 Å². The fourth-order valence-corrected chi connectivity index (χ4v) is 1.88. The summed E-state index contributed by atoms with van der Waals surface area (Å²) in [6.45, 7) is 5.81. The lowest BCUT2D eigenvalue weighted by molar-refractivity contribution is -0.172. The topological polar surface area (TPSA) is 54.4 Å². The van der Waals surface area contributed by atoms with Gasteiger partial charge in [-0.2, -0.15) is 0 Å². The zero-order valence-electron chi connectivity index (χ0n) is 8.39. The summed E-state index contributed by atoms with van der Waals surface area (Å²) >= 11 is 0. The van der Waals surface area contributed by atoms with Gasteiger partial charge in [0.2, 0.25) is 0 Å². The quantitative estimate of drug-likeness (QED) is 0.728. The molecule has 0 aliphatic heterocycles. The van der Waals surface area contributed by atoms with Crippen LogP contribution in [-0.4, -0.2) is 16.9 Å². The molecular weight excluding hydrogens is 168 g/mol. The molecule has 1 N–H and O–H groups in total. The number of carboxylic acids is 1. The zero-order chi connectivity index (χ0) is 10.3. The first kappa shape index (κ1) is 10.2. The van der Waals surface area contributed by atoms with Gasteiger partial charge in [0.15, 0.2) is 0 Å². The minimum absolute atomic E-state index is 0.0731. The third-order valence-corrected chi connectivity index (χ3v) is 3.59. The highest BCUT2D eigenvalue weighted by atomic mass is 16.4. The first-order chi connectivity index (χ1) is 5.85. The van der Waals surface area contributed by atoms with Gasteiger partial charge in [0.25, 0.3) is 0 Å². The summed E-state index contributed by atoms with van der Waals surface area (Å²) in [6, 6.07) is 0. The van der Waals surface area contributed by atoms with Crippen LogP contribution in [0.2, 0.25) is 0 Å². The monoisotopic (exact) mass is 184 g/mol. The summed E-state index contributed by atoms with van der Waals surface area (Å²) in [5.74, 6) is -0.747. The van der Waals surface area contributed by atoms with Gasteiger partial charge in [-0.05, 0) is 11.8 Å². The minimum atomic E-state index is -0.820. The predicted molar refractivity (Wildman–Crippen MR) is 48.4 cm³/mol. The first-order valence-corrected chi connectivity index (χ1v) is 4.61. The summed E-state index contributed by atoms with van der Waals surface area (Å²) in [6.07, 6.45) is 1.21. The van der Waals surface area contributed by atoms with Gasteiger partial charge in [-0.1, -0.05) is 20.8 Å². The summed E-state index contributed by atoms with van der Waals surface area (Å²) in [4.78, 5) is 22.0. The Kier molecular flexibility index (Phi) is 2.22. The summed E-state index contributed by atoms with van der Waals surface area (Å²) < 4.78 is 0.